The molecule has 0 aliphatic carbocycles. The number of nitrogens with zero attached hydrogens (tertiary/aromatic N) is 1. The standard InChI is InChI=1S/C12H15FN2O5/c1-12(14,11(16)19-2)5-6-20-10-4-3-8(15(17)18)7-9(10)13/h3-4,7H,5-6,14H2,1-2H3. The van der Waals surface area contributed by atoms with Crippen molar-refractivity contribution in [3.8, 4) is 5.75 Å². The summed E-state index contributed by atoms with van der Waals surface area (Å²) in [6.07, 6.45) is 0.107. The molecule has 8 heteroatoms. The number of hydrogen-bond donors (Lipinski definition) is 1. The largest absolute Gasteiger partial charge is 0.490 e. The number of halogens is 1. The third-order valence-electron chi connectivity index (χ3n) is 2.66. The minimum Gasteiger partial charge on any atom is -0.490 e. The van der Waals surface area contributed by atoms with Crippen molar-refractivity contribution in [1.29, 1.82) is 0 Å². The van der Waals surface area contributed by atoms with Crippen LogP contribution in [0, 0.1) is 15.9 Å². The predicted octanol–water partition coefficient (Wildman–Crippen LogP) is 1.39. The number of ether oxygens (including phenoxy) is 2. The molecule has 1 unspecified atom stereocenters. The van der Waals surface area contributed by atoms with E-state index >= 15 is 0 Å². The number of benzene rings is 1. The third kappa shape index (κ3) is 3.89. The van der Waals surface area contributed by atoms with Crippen LogP contribution in [0.15, 0.2) is 18.2 Å². The quantitative estimate of drug-likeness (QED) is 0.481. The second kappa shape index (κ2) is 6.29. The maximum Gasteiger partial charge on any atom is 0.325 e. The molecule has 7 nitrogen and oxygen atoms in total. The van der Waals surface area contributed by atoms with Crippen LogP contribution >= 0.6 is 0 Å². The van der Waals surface area contributed by atoms with Crippen LogP contribution in [0.25, 0.3) is 0 Å². The molecule has 20 heavy (non-hydrogen) atoms. The average molecular weight is 286 g/mol. The number of methoxy groups -OCH3 is 1. The molecule has 0 fully saturated rings. The highest BCUT2D eigenvalue weighted by Crippen LogP contribution is 2.23. The highest BCUT2D eigenvalue weighted by Gasteiger charge is 2.29. The number of carbonyl (C=O) groups excluding carboxylic acids is 1. The van der Waals surface area contributed by atoms with E-state index in [1.54, 1.807) is 0 Å². The Morgan fingerprint density at radius 3 is 2.70 bits per heavy atom. The van der Waals surface area contributed by atoms with E-state index in [2.05, 4.69) is 4.74 Å². The zero-order chi connectivity index (χ0) is 15.3. The Labute approximate surface area is 114 Å². The Hall–Kier alpha value is -2.22. The number of nitro groups is 1. The monoisotopic (exact) mass is 286 g/mol. The van der Waals surface area contributed by atoms with Gasteiger partial charge in [0.15, 0.2) is 11.6 Å². The summed E-state index contributed by atoms with van der Waals surface area (Å²) in [7, 11) is 1.21. The van der Waals surface area contributed by atoms with Crippen LogP contribution < -0.4 is 10.5 Å². The number of rotatable bonds is 6. The van der Waals surface area contributed by atoms with Gasteiger partial charge in [0.1, 0.15) is 5.54 Å². The Morgan fingerprint density at radius 1 is 1.55 bits per heavy atom. The lowest BCUT2D eigenvalue weighted by Crippen LogP contribution is -2.46. The molecule has 0 amide bonds. The summed E-state index contributed by atoms with van der Waals surface area (Å²) in [6, 6.07) is 3.04. The van der Waals surface area contributed by atoms with Crippen molar-refractivity contribution in [3.63, 3.8) is 0 Å². The molecule has 0 saturated carbocycles. The molecule has 1 aromatic rings. The third-order valence-corrected chi connectivity index (χ3v) is 2.66. The smallest absolute Gasteiger partial charge is 0.325 e. The topological polar surface area (TPSA) is 105 Å². The molecule has 0 aliphatic heterocycles. The molecule has 2 N–H and O–H groups in total. The number of non-ortho nitro benzene ring substituents is 1. The fourth-order valence-corrected chi connectivity index (χ4v) is 1.43. The molecule has 0 saturated heterocycles. The van der Waals surface area contributed by atoms with Crippen molar-refractivity contribution in [2.75, 3.05) is 13.7 Å². The minimum absolute atomic E-state index is 0.0309. The molecule has 110 valence electrons. The van der Waals surface area contributed by atoms with Crippen LogP contribution in [0.2, 0.25) is 0 Å². The van der Waals surface area contributed by atoms with Crippen LogP contribution in [0.4, 0.5) is 10.1 Å². The minimum atomic E-state index is -1.24. The summed E-state index contributed by atoms with van der Waals surface area (Å²) >= 11 is 0. The Bertz CT molecular complexity index is 519. The number of nitrogens with two attached hydrogens (primary N) is 1. The van der Waals surface area contributed by atoms with Gasteiger partial charge in [-0.05, 0) is 13.0 Å². The van der Waals surface area contributed by atoms with Gasteiger partial charge >= 0.3 is 5.97 Å². The molecule has 0 radical (unpaired) electrons. The van der Waals surface area contributed by atoms with Crippen molar-refractivity contribution < 1.29 is 23.6 Å². The number of esters is 1. The van der Waals surface area contributed by atoms with E-state index in [0.717, 1.165) is 18.2 Å². The Balaban J connectivity index is 2.63. The second-order valence-corrected chi connectivity index (χ2v) is 4.38. The van der Waals surface area contributed by atoms with Crippen molar-refractivity contribution in [3.05, 3.63) is 34.1 Å². The van der Waals surface area contributed by atoms with Crippen molar-refractivity contribution in [1.82, 2.24) is 0 Å². The van der Waals surface area contributed by atoms with Gasteiger partial charge in [-0.2, -0.15) is 0 Å². The molecule has 1 atom stereocenters. The van der Waals surface area contributed by atoms with Gasteiger partial charge in [-0.15, -0.1) is 0 Å². The van der Waals surface area contributed by atoms with Crippen LogP contribution in [0.5, 0.6) is 5.75 Å². The van der Waals surface area contributed by atoms with Gasteiger partial charge in [-0.3, -0.25) is 14.9 Å². The van der Waals surface area contributed by atoms with Gasteiger partial charge in [0.2, 0.25) is 0 Å². The molecular weight excluding hydrogens is 271 g/mol. The Kier molecular flexibility index (Phi) is 4.98. The van der Waals surface area contributed by atoms with E-state index in [4.69, 9.17) is 10.5 Å². The van der Waals surface area contributed by atoms with Crippen LogP contribution in [0.1, 0.15) is 13.3 Å². The summed E-state index contributed by atoms with van der Waals surface area (Å²) in [5, 5.41) is 10.4. The highest BCUT2D eigenvalue weighted by molar-refractivity contribution is 5.79. The molecule has 1 aromatic carbocycles. The summed E-state index contributed by atoms with van der Waals surface area (Å²) in [6.45, 7) is 1.44. The van der Waals surface area contributed by atoms with E-state index in [1.807, 2.05) is 0 Å². The fourth-order valence-electron chi connectivity index (χ4n) is 1.43. The van der Waals surface area contributed by atoms with Crippen molar-refractivity contribution >= 4 is 11.7 Å². The first-order chi connectivity index (χ1) is 9.27. The van der Waals surface area contributed by atoms with E-state index in [0.29, 0.717) is 0 Å². The SMILES string of the molecule is COC(=O)C(C)(N)CCOc1ccc([N+](=O)[O-])cc1F. The lowest BCUT2D eigenvalue weighted by atomic mass is 10.0. The Morgan fingerprint density at radius 2 is 2.20 bits per heavy atom. The van der Waals surface area contributed by atoms with Crippen molar-refractivity contribution in [2.24, 2.45) is 5.73 Å². The van der Waals surface area contributed by atoms with Crippen molar-refractivity contribution in [2.45, 2.75) is 18.9 Å². The lowest BCUT2D eigenvalue weighted by molar-refractivity contribution is -0.385. The van der Waals surface area contributed by atoms with Gasteiger partial charge in [0, 0.05) is 12.5 Å². The average Bonchev–Trinajstić information content (AvgIpc) is 2.39. The zero-order valence-electron chi connectivity index (χ0n) is 11.1. The summed E-state index contributed by atoms with van der Waals surface area (Å²) in [5.74, 6) is -1.60. The predicted molar refractivity (Wildman–Crippen MR) is 67.8 cm³/mol. The molecular formula is C12H15FN2O5. The van der Waals surface area contributed by atoms with Gasteiger partial charge in [-0.1, -0.05) is 0 Å². The van der Waals surface area contributed by atoms with Gasteiger partial charge in [0.05, 0.1) is 24.7 Å². The molecule has 0 aliphatic rings. The molecule has 0 aromatic heterocycles. The highest BCUT2D eigenvalue weighted by atomic mass is 19.1. The summed E-state index contributed by atoms with van der Waals surface area (Å²) < 4.78 is 23.1. The number of nitro benzene ring substituents is 1. The van der Waals surface area contributed by atoms with E-state index in [9.17, 15) is 19.3 Å². The van der Waals surface area contributed by atoms with Gasteiger partial charge in [0.25, 0.3) is 5.69 Å². The van der Waals surface area contributed by atoms with Crippen LogP contribution in [-0.2, 0) is 9.53 Å². The number of carbonyl (C=O) groups is 1. The fraction of sp³-hybridized carbons (Fsp3) is 0.417. The molecule has 0 spiro atoms. The first-order valence-electron chi connectivity index (χ1n) is 5.72. The number of hydrogen-bond acceptors (Lipinski definition) is 6. The van der Waals surface area contributed by atoms with Crippen LogP contribution in [0.3, 0.4) is 0 Å². The lowest BCUT2D eigenvalue weighted by Gasteiger charge is -2.21. The molecule has 0 heterocycles. The first kappa shape index (κ1) is 15.8. The normalized spacial score (nSPS) is 13.4. The van der Waals surface area contributed by atoms with Gasteiger partial charge in [-0.25, -0.2) is 4.39 Å². The summed E-state index contributed by atoms with van der Waals surface area (Å²) in [5.41, 5.74) is 4.09. The maximum atomic E-state index is 13.5. The van der Waals surface area contributed by atoms with Gasteiger partial charge < -0.3 is 15.2 Å². The van der Waals surface area contributed by atoms with E-state index < -0.39 is 22.2 Å². The molecule has 1 rings (SSSR count). The molecule has 0 bridgehead atoms. The zero-order valence-corrected chi connectivity index (χ0v) is 11.1. The van der Waals surface area contributed by atoms with E-state index in [-0.39, 0.29) is 24.5 Å². The van der Waals surface area contributed by atoms with E-state index in [1.165, 1.54) is 14.0 Å². The van der Waals surface area contributed by atoms with Crippen LogP contribution in [-0.4, -0.2) is 30.1 Å². The summed E-state index contributed by atoms with van der Waals surface area (Å²) in [4.78, 5) is 21.1. The first-order valence-corrected chi connectivity index (χ1v) is 5.72. The second-order valence-electron chi connectivity index (χ2n) is 4.38. The maximum absolute atomic E-state index is 13.5.